The fourth-order valence-corrected chi connectivity index (χ4v) is 2.79. The van der Waals surface area contributed by atoms with Crippen LogP contribution in [0.4, 0.5) is 11.5 Å². The van der Waals surface area contributed by atoms with Crippen molar-refractivity contribution in [3.05, 3.63) is 46.3 Å². The van der Waals surface area contributed by atoms with E-state index in [1.165, 1.54) is 24.2 Å². The maximum atomic E-state index is 11.0. The van der Waals surface area contributed by atoms with Crippen molar-refractivity contribution in [3.63, 3.8) is 0 Å². The first-order valence-electron chi connectivity index (χ1n) is 5.89. The van der Waals surface area contributed by atoms with Gasteiger partial charge >= 0.3 is 0 Å². The van der Waals surface area contributed by atoms with Gasteiger partial charge in [-0.1, -0.05) is 30.8 Å². The number of para-hydroxylation sites is 1. The molecule has 8 heteroatoms. The van der Waals surface area contributed by atoms with E-state index in [1.807, 2.05) is 6.92 Å². The van der Waals surface area contributed by atoms with Gasteiger partial charge in [0.15, 0.2) is 0 Å². The lowest BCUT2D eigenvalue weighted by molar-refractivity contribution is -0.387. The summed E-state index contributed by atoms with van der Waals surface area (Å²) >= 11 is 1.23. The summed E-state index contributed by atoms with van der Waals surface area (Å²) in [6.45, 7) is 1.95. The number of nitrogens with two attached hydrogens (primary N) is 1. The molecule has 0 unspecified atom stereocenters. The molecular formula is C12H13N5O2S. The Kier molecular flexibility index (Phi) is 4.49. The van der Waals surface area contributed by atoms with Crippen LogP contribution in [0, 0.1) is 10.1 Å². The van der Waals surface area contributed by atoms with Gasteiger partial charge in [0, 0.05) is 11.6 Å². The van der Waals surface area contributed by atoms with Gasteiger partial charge in [-0.25, -0.2) is 15.8 Å². The number of anilines is 1. The van der Waals surface area contributed by atoms with Crippen molar-refractivity contribution in [1.29, 1.82) is 0 Å². The predicted molar refractivity (Wildman–Crippen MR) is 76.4 cm³/mol. The van der Waals surface area contributed by atoms with Crippen LogP contribution in [0.15, 0.2) is 40.5 Å². The van der Waals surface area contributed by atoms with Crippen molar-refractivity contribution in [1.82, 2.24) is 9.97 Å². The third-order valence-corrected chi connectivity index (χ3v) is 3.77. The number of hydrogen-bond donors (Lipinski definition) is 2. The highest BCUT2D eigenvalue weighted by Crippen LogP contribution is 2.36. The third-order valence-electron chi connectivity index (χ3n) is 2.66. The van der Waals surface area contributed by atoms with Crippen LogP contribution in [-0.4, -0.2) is 14.9 Å². The number of hydrogen-bond acceptors (Lipinski definition) is 7. The van der Waals surface area contributed by atoms with E-state index in [1.54, 1.807) is 18.2 Å². The first kappa shape index (κ1) is 14.2. The molecule has 0 aliphatic carbocycles. The van der Waals surface area contributed by atoms with E-state index in [9.17, 15) is 10.1 Å². The topological polar surface area (TPSA) is 107 Å². The zero-order chi connectivity index (χ0) is 14.5. The molecule has 104 valence electrons. The molecule has 0 fully saturated rings. The minimum atomic E-state index is -0.406. The van der Waals surface area contributed by atoms with Gasteiger partial charge in [0.2, 0.25) is 0 Å². The Morgan fingerprint density at radius 2 is 2.15 bits per heavy atom. The quantitative estimate of drug-likeness (QED) is 0.377. The molecule has 7 nitrogen and oxygen atoms in total. The van der Waals surface area contributed by atoms with E-state index >= 15 is 0 Å². The monoisotopic (exact) mass is 291 g/mol. The Balaban J connectivity index is 2.43. The molecule has 3 N–H and O–H groups in total. The molecule has 1 heterocycles. The van der Waals surface area contributed by atoms with Crippen molar-refractivity contribution >= 4 is 23.3 Å². The average Bonchev–Trinajstić information content (AvgIpc) is 2.47. The zero-order valence-electron chi connectivity index (χ0n) is 10.7. The van der Waals surface area contributed by atoms with Gasteiger partial charge in [-0.2, -0.15) is 0 Å². The molecule has 0 amide bonds. The third kappa shape index (κ3) is 2.86. The molecule has 0 bridgehead atoms. The van der Waals surface area contributed by atoms with Gasteiger partial charge in [0.25, 0.3) is 5.69 Å². The minimum Gasteiger partial charge on any atom is -0.308 e. The zero-order valence-corrected chi connectivity index (χ0v) is 11.6. The predicted octanol–water partition coefficient (Wildman–Crippen LogP) is 2.38. The van der Waals surface area contributed by atoms with E-state index in [2.05, 4.69) is 15.4 Å². The molecule has 20 heavy (non-hydrogen) atoms. The van der Waals surface area contributed by atoms with E-state index in [0.717, 1.165) is 5.56 Å². The van der Waals surface area contributed by atoms with E-state index < -0.39 is 4.92 Å². The van der Waals surface area contributed by atoms with Gasteiger partial charge in [-0.3, -0.25) is 10.1 Å². The number of rotatable bonds is 5. The lowest BCUT2D eigenvalue weighted by atomic mass is 10.2. The Hall–Kier alpha value is -2.19. The maximum Gasteiger partial charge on any atom is 0.283 e. The number of nitrogens with one attached hydrogen (secondary N) is 1. The number of nitro benzene ring substituents is 1. The van der Waals surface area contributed by atoms with E-state index in [-0.39, 0.29) is 5.69 Å². The van der Waals surface area contributed by atoms with Crippen LogP contribution in [0.2, 0.25) is 0 Å². The van der Waals surface area contributed by atoms with Gasteiger partial charge in [-0.15, -0.1) is 0 Å². The second-order valence-electron chi connectivity index (χ2n) is 3.83. The lowest BCUT2D eigenvalue weighted by Crippen LogP contribution is -2.12. The largest absolute Gasteiger partial charge is 0.308 e. The van der Waals surface area contributed by atoms with Crippen molar-refractivity contribution < 1.29 is 4.92 Å². The fraction of sp³-hybridized carbons (Fsp3) is 0.167. The van der Waals surface area contributed by atoms with Crippen molar-refractivity contribution in [3.8, 4) is 0 Å². The summed E-state index contributed by atoms with van der Waals surface area (Å²) in [7, 11) is 0. The molecule has 0 saturated heterocycles. The number of nitro groups is 1. The molecule has 0 aliphatic rings. The maximum absolute atomic E-state index is 11.0. The van der Waals surface area contributed by atoms with Crippen molar-refractivity contribution in [2.24, 2.45) is 5.84 Å². The molecule has 0 atom stereocenters. The summed E-state index contributed by atoms with van der Waals surface area (Å²) in [6.07, 6.45) is 2.05. The van der Waals surface area contributed by atoms with Gasteiger partial charge in [0.1, 0.15) is 17.2 Å². The first-order valence-corrected chi connectivity index (χ1v) is 6.70. The van der Waals surface area contributed by atoms with Gasteiger partial charge < -0.3 is 5.43 Å². The second-order valence-corrected chi connectivity index (χ2v) is 4.86. The molecule has 0 radical (unpaired) electrons. The molecule has 1 aromatic heterocycles. The Bertz CT molecular complexity index is 635. The minimum absolute atomic E-state index is 0.0559. The molecule has 0 aliphatic heterocycles. The van der Waals surface area contributed by atoms with Gasteiger partial charge in [0.05, 0.1) is 9.82 Å². The highest BCUT2D eigenvalue weighted by Gasteiger charge is 2.17. The Morgan fingerprint density at radius 1 is 1.40 bits per heavy atom. The number of nitrogens with zero attached hydrogens (tertiary/aromatic N) is 3. The van der Waals surface area contributed by atoms with Crippen molar-refractivity contribution in [2.45, 2.75) is 23.3 Å². The molecule has 0 saturated carbocycles. The Labute approximate surface area is 119 Å². The Morgan fingerprint density at radius 3 is 2.80 bits per heavy atom. The average molecular weight is 291 g/mol. The van der Waals surface area contributed by atoms with Crippen LogP contribution < -0.4 is 11.3 Å². The summed E-state index contributed by atoms with van der Waals surface area (Å²) in [5.74, 6) is 5.94. The van der Waals surface area contributed by atoms with E-state index in [0.29, 0.717) is 22.2 Å². The summed E-state index contributed by atoms with van der Waals surface area (Å²) in [5, 5.41) is 11.7. The van der Waals surface area contributed by atoms with Crippen molar-refractivity contribution in [2.75, 3.05) is 5.43 Å². The summed E-state index contributed by atoms with van der Waals surface area (Å²) < 4.78 is 0. The number of hydrazine groups is 1. The fourth-order valence-electron chi connectivity index (χ4n) is 1.73. The van der Waals surface area contributed by atoms with Crippen LogP contribution >= 0.6 is 11.8 Å². The summed E-state index contributed by atoms with van der Waals surface area (Å²) in [4.78, 5) is 19.4. The number of aromatic nitrogens is 2. The number of benzene rings is 1. The van der Waals surface area contributed by atoms with E-state index in [4.69, 9.17) is 5.84 Å². The normalized spacial score (nSPS) is 10.3. The summed E-state index contributed by atoms with van der Waals surface area (Å²) in [6, 6.07) is 6.55. The van der Waals surface area contributed by atoms with Crippen LogP contribution in [0.25, 0.3) is 0 Å². The lowest BCUT2D eigenvalue weighted by Gasteiger charge is -2.10. The summed E-state index contributed by atoms with van der Waals surface area (Å²) in [5.41, 5.74) is 3.40. The highest BCUT2D eigenvalue weighted by atomic mass is 32.2. The number of nitrogen functional groups attached to an aromatic ring is 1. The highest BCUT2D eigenvalue weighted by molar-refractivity contribution is 7.99. The molecule has 2 aromatic rings. The second kappa shape index (κ2) is 6.31. The molecule has 2 rings (SSSR count). The standard InChI is InChI=1S/C12H13N5O2S/c1-2-8-11(16-13)14-7-15-12(8)20-10-6-4-3-5-9(10)17(18)19/h3-7H,2,13H2,1H3,(H,14,15,16). The SMILES string of the molecule is CCc1c(NN)ncnc1Sc1ccccc1[N+](=O)[O-]. The molecular weight excluding hydrogens is 278 g/mol. The van der Waals surface area contributed by atoms with Crippen LogP contribution in [0.5, 0.6) is 0 Å². The smallest absolute Gasteiger partial charge is 0.283 e. The van der Waals surface area contributed by atoms with Gasteiger partial charge in [-0.05, 0) is 12.5 Å². The van der Waals surface area contributed by atoms with Crippen LogP contribution in [-0.2, 0) is 6.42 Å². The molecule has 0 spiro atoms. The van der Waals surface area contributed by atoms with Crippen LogP contribution in [0.1, 0.15) is 12.5 Å². The molecule has 1 aromatic carbocycles. The first-order chi connectivity index (χ1) is 9.67. The van der Waals surface area contributed by atoms with Crippen LogP contribution in [0.3, 0.4) is 0 Å².